The van der Waals surface area contributed by atoms with Crippen molar-refractivity contribution in [3.63, 3.8) is 0 Å². The van der Waals surface area contributed by atoms with Crippen molar-refractivity contribution >= 4 is 5.97 Å². The lowest BCUT2D eigenvalue weighted by Gasteiger charge is -2.30. The molecule has 1 atom stereocenters. The number of hydrogen-bond acceptors (Lipinski definition) is 3. The molecular weight excluding hydrogens is 302 g/mol. The summed E-state index contributed by atoms with van der Waals surface area (Å²) >= 11 is 0. The normalized spacial score (nSPS) is 18.2. The number of rotatable bonds is 6. The van der Waals surface area contributed by atoms with Gasteiger partial charge >= 0.3 is 5.97 Å². The van der Waals surface area contributed by atoms with E-state index in [2.05, 4.69) is 23.1 Å². The molecule has 2 aromatic rings. The second-order valence-corrected chi connectivity index (χ2v) is 6.19. The lowest BCUT2D eigenvalue weighted by Crippen LogP contribution is -2.40. The zero-order chi connectivity index (χ0) is 16.8. The first-order valence-corrected chi connectivity index (χ1v) is 8.46. The van der Waals surface area contributed by atoms with E-state index in [1.807, 2.05) is 36.4 Å². The molecule has 1 heterocycles. The Bertz CT molecular complexity index is 672. The number of likely N-dealkylation sites (tertiary alicyclic amines) is 1. The molecule has 4 heteroatoms. The number of nitrogens with zero attached hydrogens (tertiary/aromatic N) is 1. The Hall–Kier alpha value is -2.33. The minimum absolute atomic E-state index is 0.240. The highest BCUT2D eigenvalue weighted by molar-refractivity contribution is 5.70. The highest BCUT2D eigenvalue weighted by atomic mass is 16.5. The number of aliphatic carboxylic acids is 1. The summed E-state index contributed by atoms with van der Waals surface area (Å²) < 4.78 is 6.00. The Morgan fingerprint density at radius 2 is 1.88 bits per heavy atom. The van der Waals surface area contributed by atoms with Crippen LogP contribution in [-0.2, 0) is 4.79 Å². The highest BCUT2D eigenvalue weighted by Gasteiger charge is 2.25. The number of hydrogen-bond donors (Lipinski definition) is 1. The van der Waals surface area contributed by atoms with Crippen molar-refractivity contribution in [3.05, 3.63) is 54.6 Å². The van der Waals surface area contributed by atoms with Crippen LogP contribution in [0, 0.1) is 5.92 Å². The maximum atomic E-state index is 11.1. The third kappa shape index (κ3) is 4.15. The first-order valence-electron chi connectivity index (χ1n) is 8.46. The second-order valence-electron chi connectivity index (χ2n) is 6.19. The second kappa shape index (κ2) is 7.97. The number of para-hydroxylation sites is 1. The molecule has 0 bridgehead atoms. The summed E-state index contributed by atoms with van der Waals surface area (Å²) in [6, 6.07) is 18.2. The van der Waals surface area contributed by atoms with Crippen LogP contribution >= 0.6 is 0 Å². The van der Waals surface area contributed by atoms with Gasteiger partial charge in [0.2, 0.25) is 0 Å². The van der Waals surface area contributed by atoms with Gasteiger partial charge in [-0.1, -0.05) is 48.5 Å². The van der Waals surface area contributed by atoms with Crippen molar-refractivity contribution in [2.24, 2.45) is 5.92 Å². The van der Waals surface area contributed by atoms with Crippen LogP contribution < -0.4 is 4.74 Å². The molecule has 2 aromatic carbocycles. The molecule has 0 unspecified atom stereocenters. The molecule has 0 amide bonds. The van der Waals surface area contributed by atoms with E-state index in [0.717, 1.165) is 42.8 Å². The molecule has 0 aliphatic carbocycles. The Morgan fingerprint density at radius 3 is 2.67 bits per heavy atom. The summed E-state index contributed by atoms with van der Waals surface area (Å²) in [4.78, 5) is 13.3. The average Bonchev–Trinajstić information content (AvgIpc) is 2.63. The summed E-state index contributed by atoms with van der Waals surface area (Å²) in [7, 11) is 0. The Morgan fingerprint density at radius 1 is 1.12 bits per heavy atom. The average molecular weight is 325 g/mol. The molecule has 1 saturated heterocycles. The quantitative estimate of drug-likeness (QED) is 0.883. The lowest BCUT2D eigenvalue weighted by molar-refractivity contribution is -0.143. The number of carboxylic acid groups (broad SMARTS) is 1. The van der Waals surface area contributed by atoms with Gasteiger partial charge in [-0.3, -0.25) is 9.69 Å². The van der Waals surface area contributed by atoms with Gasteiger partial charge in [0.1, 0.15) is 12.4 Å². The van der Waals surface area contributed by atoms with Gasteiger partial charge in [0.15, 0.2) is 0 Å². The van der Waals surface area contributed by atoms with E-state index in [0.29, 0.717) is 13.2 Å². The van der Waals surface area contributed by atoms with Gasteiger partial charge in [-0.2, -0.15) is 0 Å². The molecule has 1 aliphatic heterocycles. The maximum Gasteiger partial charge on any atom is 0.307 e. The molecule has 126 valence electrons. The van der Waals surface area contributed by atoms with Crippen molar-refractivity contribution < 1.29 is 14.6 Å². The Labute approximate surface area is 142 Å². The van der Waals surface area contributed by atoms with Crippen LogP contribution in [0.4, 0.5) is 0 Å². The Kier molecular flexibility index (Phi) is 5.49. The van der Waals surface area contributed by atoms with Crippen LogP contribution in [0.3, 0.4) is 0 Å². The zero-order valence-corrected chi connectivity index (χ0v) is 13.7. The molecular formula is C20H23NO3. The first-order chi connectivity index (χ1) is 11.7. The molecule has 0 aromatic heterocycles. The molecule has 1 aliphatic rings. The van der Waals surface area contributed by atoms with E-state index in [1.165, 1.54) is 0 Å². The monoisotopic (exact) mass is 325 g/mol. The van der Waals surface area contributed by atoms with Gasteiger partial charge in [0, 0.05) is 18.7 Å². The molecule has 0 radical (unpaired) electrons. The molecule has 4 nitrogen and oxygen atoms in total. The summed E-state index contributed by atoms with van der Waals surface area (Å²) in [5, 5.41) is 9.16. The van der Waals surface area contributed by atoms with Crippen molar-refractivity contribution in [2.75, 3.05) is 26.2 Å². The van der Waals surface area contributed by atoms with Crippen LogP contribution in [0.25, 0.3) is 11.1 Å². The van der Waals surface area contributed by atoms with Gasteiger partial charge in [-0.25, -0.2) is 0 Å². The molecule has 3 rings (SSSR count). The van der Waals surface area contributed by atoms with Gasteiger partial charge in [0.05, 0.1) is 5.92 Å². The predicted molar refractivity (Wildman–Crippen MR) is 94.2 cm³/mol. The predicted octanol–water partition coefficient (Wildman–Crippen LogP) is 3.53. The van der Waals surface area contributed by atoms with Crippen molar-refractivity contribution in [1.29, 1.82) is 0 Å². The summed E-state index contributed by atoms with van der Waals surface area (Å²) in [6.07, 6.45) is 1.72. The van der Waals surface area contributed by atoms with Crippen LogP contribution in [0.1, 0.15) is 12.8 Å². The zero-order valence-electron chi connectivity index (χ0n) is 13.7. The summed E-state index contributed by atoms with van der Waals surface area (Å²) in [5.41, 5.74) is 2.22. The van der Waals surface area contributed by atoms with Crippen molar-refractivity contribution in [1.82, 2.24) is 4.90 Å². The van der Waals surface area contributed by atoms with Gasteiger partial charge in [-0.15, -0.1) is 0 Å². The number of benzene rings is 2. The molecule has 1 N–H and O–H groups in total. The standard InChI is InChI=1S/C20H23NO3/c22-20(23)17-9-6-12-21(15-17)13-14-24-19-11-5-4-10-18(19)16-7-2-1-3-8-16/h1-5,7-8,10-11,17H,6,9,12-15H2,(H,22,23)/t17-/m1/s1. The highest BCUT2D eigenvalue weighted by Crippen LogP contribution is 2.29. The largest absolute Gasteiger partial charge is 0.492 e. The number of carboxylic acids is 1. The fourth-order valence-corrected chi connectivity index (χ4v) is 3.19. The van der Waals surface area contributed by atoms with Crippen LogP contribution in [0.5, 0.6) is 5.75 Å². The van der Waals surface area contributed by atoms with Crippen LogP contribution in [-0.4, -0.2) is 42.2 Å². The van der Waals surface area contributed by atoms with Gasteiger partial charge in [0.25, 0.3) is 0 Å². The molecule has 24 heavy (non-hydrogen) atoms. The fraction of sp³-hybridized carbons (Fsp3) is 0.350. The number of carbonyl (C=O) groups is 1. The fourth-order valence-electron chi connectivity index (χ4n) is 3.19. The third-order valence-electron chi connectivity index (χ3n) is 4.49. The van der Waals surface area contributed by atoms with Crippen molar-refractivity contribution in [2.45, 2.75) is 12.8 Å². The molecule has 1 fully saturated rings. The van der Waals surface area contributed by atoms with E-state index >= 15 is 0 Å². The van der Waals surface area contributed by atoms with E-state index < -0.39 is 5.97 Å². The number of piperidine rings is 1. The minimum atomic E-state index is -0.685. The topological polar surface area (TPSA) is 49.8 Å². The smallest absolute Gasteiger partial charge is 0.307 e. The molecule has 0 spiro atoms. The number of ether oxygens (including phenoxy) is 1. The summed E-state index contributed by atoms with van der Waals surface area (Å²) in [5.74, 6) is -0.0547. The van der Waals surface area contributed by atoms with Gasteiger partial charge in [-0.05, 0) is 31.0 Å². The first kappa shape index (κ1) is 16.5. The lowest BCUT2D eigenvalue weighted by atomic mass is 9.98. The van der Waals surface area contributed by atoms with E-state index in [-0.39, 0.29) is 5.92 Å². The van der Waals surface area contributed by atoms with Crippen LogP contribution in [0.2, 0.25) is 0 Å². The van der Waals surface area contributed by atoms with Gasteiger partial charge < -0.3 is 9.84 Å². The SMILES string of the molecule is O=C(O)[C@@H]1CCCN(CCOc2ccccc2-c2ccccc2)C1. The minimum Gasteiger partial charge on any atom is -0.492 e. The summed E-state index contributed by atoms with van der Waals surface area (Å²) in [6.45, 7) is 2.90. The van der Waals surface area contributed by atoms with Crippen molar-refractivity contribution in [3.8, 4) is 16.9 Å². The maximum absolute atomic E-state index is 11.1. The van der Waals surface area contributed by atoms with E-state index in [1.54, 1.807) is 0 Å². The third-order valence-corrected chi connectivity index (χ3v) is 4.49. The van der Waals surface area contributed by atoms with E-state index in [4.69, 9.17) is 9.84 Å². The molecule has 0 saturated carbocycles. The van der Waals surface area contributed by atoms with E-state index in [9.17, 15) is 4.79 Å². The Balaban J connectivity index is 1.59. The van der Waals surface area contributed by atoms with Crippen LogP contribution in [0.15, 0.2) is 54.6 Å².